The van der Waals surface area contributed by atoms with Gasteiger partial charge >= 0.3 is 0 Å². The van der Waals surface area contributed by atoms with Gasteiger partial charge in [-0.2, -0.15) is 0 Å². The molecule has 2 fully saturated rings. The molecular formula is C35H40FNO7. The van der Waals surface area contributed by atoms with E-state index < -0.39 is 69.7 Å². The van der Waals surface area contributed by atoms with Gasteiger partial charge in [0.15, 0.2) is 17.2 Å². The molecule has 2 saturated carbocycles. The molecule has 2 aromatic carbocycles. The second-order valence-electron chi connectivity index (χ2n) is 14.1. The first-order chi connectivity index (χ1) is 20.4. The first kappa shape index (κ1) is 31.8. The number of carbonyl (C=O) groups excluding carboxylic acids is 3. The molecule has 0 saturated heterocycles. The lowest BCUT2D eigenvalue weighted by molar-refractivity contribution is -0.265. The predicted octanol–water partition coefficient (Wildman–Crippen LogP) is 3.24. The molecule has 0 heterocycles. The van der Waals surface area contributed by atoms with Crippen LogP contribution in [0, 0.1) is 52.2 Å². The van der Waals surface area contributed by atoms with Gasteiger partial charge in [-0.3, -0.25) is 14.4 Å². The summed E-state index contributed by atoms with van der Waals surface area (Å²) in [6, 6.07) is 7.26. The van der Waals surface area contributed by atoms with E-state index in [1.807, 2.05) is 20.8 Å². The van der Waals surface area contributed by atoms with Crippen molar-refractivity contribution in [3.05, 3.63) is 64.0 Å². The highest BCUT2D eigenvalue weighted by Crippen LogP contribution is 2.66. The summed E-state index contributed by atoms with van der Waals surface area (Å²) >= 11 is 0. The lowest BCUT2D eigenvalue weighted by Gasteiger charge is -2.66. The van der Waals surface area contributed by atoms with Crippen molar-refractivity contribution < 1.29 is 39.2 Å². The SMILES string of the molecule is CC(C)c1cc(C#Cc2ccc(F)cc2)c(O)c2c1C[C@]1(C)C[C@]3(C)[C@@H](C(C)C)C(O)[C@@H](C(N)=O)C(=O)[C@]3(O)C(O)[C@H]1C2=O. The van der Waals surface area contributed by atoms with Gasteiger partial charge in [0.2, 0.25) is 5.91 Å². The Balaban J connectivity index is 1.71. The summed E-state index contributed by atoms with van der Waals surface area (Å²) in [5, 5.41) is 47.1. The Bertz CT molecular complexity index is 1620. The summed E-state index contributed by atoms with van der Waals surface area (Å²) in [5.74, 6) is -2.17. The molecule has 6 N–H and O–H groups in total. The standard InChI is InChI=1S/C35H40FNO7/c1-16(2)21-13-19(10-7-18-8-11-20(36)12-9-18)27(38)23-22(21)14-33(5)15-34(6)25(17(3)4)29(40)24(32(37)43)30(41)35(34,44)31(42)26(33)28(23)39/h8-9,11-13,16-17,24-26,29,31,38,40,42,44H,14-15H2,1-6H3,(H2,37,43)/t24-,25+,26-,29?,31?,33-,34-,35+/m1/s1. The van der Waals surface area contributed by atoms with Gasteiger partial charge in [-0.25, -0.2) is 4.39 Å². The largest absolute Gasteiger partial charge is 0.506 e. The van der Waals surface area contributed by atoms with Crippen LogP contribution in [-0.4, -0.2) is 55.7 Å². The highest BCUT2D eigenvalue weighted by Gasteiger charge is 2.76. The Hall–Kier alpha value is -3.58. The van der Waals surface area contributed by atoms with Crippen molar-refractivity contribution in [2.24, 2.45) is 40.2 Å². The van der Waals surface area contributed by atoms with E-state index in [0.29, 0.717) is 11.1 Å². The van der Waals surface area contributed by atoms with Gasteiger partial charge in [0, 0.05) is 11.0 Å². The van der Waals surface area contributed by atoms with Crippen LogP contribution in [-0.2, 0) is 16.0 Å². The molecule has 0 aliphatic heterocycles. The van der Waals surface area contributed by atoms with E-state index in [1.54, 1.807) is 26.8 Å². The van der Waals surface area contributed by atoms with Crippen LogP contribution in [0.5, 0.6) is 5.75 Å². The maximum absolute atomic E-state index is 14.5. The first-order valence-electron chi connectivity index (χ1n) is 15.0. The second kappa shape index (κ2) is 10.5. The predicted molar refractivity (Wildman–Crippen MR) is 160 cm³/mol. The van der Waals surface area contributed by atoms with Gasteiger partial charge < -0.3 is 26.2 Å². The third-order valence-corrected chi connectivity index (χ3v) is 10.6. The molecule has 8 atom stereocenters. The Morgan fingerprint density at radius 3 is 2.23 bits per heavy atom. The van der Waals surface area contributed by atoms with Crippen molar-refractivity contribution in [3.63, 3.8) is 0 Å². The average Bonchev–Trinajstić information content (AvgIpc) is 2.90. The molecule has 3 aliphatic carbocycles. The van der Waals surface area contributed by atoms with Crippen LogP contribution in [0.25, 0.3) is 0 Å². The molecule has 234 valence electrons. The molecule has 5 rings (SSSR count). The van der Waals surface area contributed by atoms with Crippen molar-refractivity contribution >= 4 is 17.5 Å². The topological polar surface area (TPSA) is 158 Å². The Morgan fingerprint density at radius 2 is 1.68 bits per heavy atom. The average molecular weight is 606 g/mol. The van der Waals surface area contributed by atoms with Gasteiger partial charge in [-0.15, -0.1) is 0 Å². The minimum absolute atomic E-state index is 0.0245. The van der Waals surface area contributed by atoms with E-state index in [4.69, 9.17) is 5.73 Å². The monoisotopic (exact) mass is 605 g/mol. The van der Waals surface area contributed by atoms with Crippen molar-refractivity contribution in [3.8, 4) is 17.6 Å². The van der Waals surface area contributed by atoms with Crippen molar-refractivity contribution in [1.29, 1.82) is 0 Å². The zero-order valence-electron chi connectivity index (χ0n) is 25.8. The van der Waals surface area contributed by atoms with E-state index in [-0.39, 0.29) is 41.6 Å². The Morgan fingerprint density at radius 1 is 1.07 bits per heavy atom. The van der Waals surface area contributed by atoms with Gasteiger partial charge in [0.1, 0.15) is 23.6 Å². The summed E-state index contributed by atoms with van der Waals surface area (Å²) in [4.78, 5) is 40.8. The molecule has 3 aliphatic rings. The fourth-order valence-corrected chi connectivity index (χ4v) is 8.91. The fourth-order valence-electron chi connectivity index (χ4n) is 8.91. The number of benzene rings is 2. The first-order valence-corrected chi connectivity index (χ1v) is 15.0. The number of rotatable bonds is 3. The van der Waals surface area contributed by atoms with E-state index >= 15 is 0 Å². The quantitative estimate of drug-likeness (QED) is 0.265. The number of amides is 1. The van der Waals surface area contributed by atoms with Crippen LogP contribution >= 0.6 is 0 Å². The van der Waals surface area contributed by atoms with Gasteiger partial charge in [-0.1, -0.05) is 53.4 Å². The van der Waals surface area contributed by atoms with E-state index in [0.717, 1.165) is 5.56 Å². The molecule has 8 nitrogen and oxygen atoms in total. The third kappa shape index (κ3) is 4.33. The molecule has 9 heteroatoms. The molecule has 44 heavy (non-hydrogen) atoms. The molecule has 0 bridgehead atoms. The highest BCUT2D eigenvalue weighted by molar-refractivity contribution is 6.09. The number of phenols is 1. The van der Waals surface area contributed by atoms with Gasteiger partial charge in [0.05, 0.1) is 23.1 Å². The fraction of sp³-hybridized carbons (Fsp3) is 0.514. The van der Waals surface area contributed by atoms with Gasteiger partial charge in [0.25, 0.3) is 0 Å². The smallest absolute Gasteiger partial charge is 0.230 e. The lowest BCUT2D eigenvalue weighted by Crippen LogP contribution is -2.79. The maximum Gasteiger partial charge on any atom is 0.230 e. The number of nitrogens with two attached hydrogens (primary N) is 1. The zero-order valence-corrected chi connectivity index (χ0v) is 25.8. The molecule has 0 aromatic heterocycles. The van der Waals surface area contributed by atoms with E-state index in [1.165, 1.54) is 24.3 Å². The number of ketones is 2. The van der Waals surface area contributed by atoms with Crippen LogP contribution in [0.1, 0.15) is 86.5 Å². The number of hydrogen-bond acceptors (Lipinski definition) is 7. The van der Waals surface area contributed by atoms with Crippen molar-refractivity contribution in [2.45, 2.75) is 78.1 Å². The van der Waals surface area contributed by atoms with E-state index in [2.05, 4.69) is 11.8 Å². The van der Waals surface area contributed by atoms with Crippen LogP contribution in [0.4, 0.5) is 4.39 Å². The number of fused-ring (bicyclic) bond motifs is 3. The number of carbonyl (C=O) groups is 3. The Kier molecular flexibility index (Phi) is 7.60. The van der Waals surface area contributed by atoms with Crippen LogP contribution in [0.15, 0.2) is 30.3 Å². The number of hydrogen-bond donors (Lipinski definition) is 5. The van der Waals surface area contributed by atoms with Crippen LogP contribution in [0.3, 0.4) is 0 Å². The molecular weight excluding hydrogens is 565 g/mol. The summed E-state index contributed by atoms with van der Waals surface area (Å²) in [7, 11) is 0. The zero-order chi connectivity index (χ0) is 32.7. The maximum atomic E-state index is 14.5. The lowest BCUT2D eigenvalue weighted by atomic mass is 9.39. The molecule has 2 aromatic rings. The van der Waals surface area contributed by atoms with Crippen LogP contribution in [0.2, 0.25) is 0 Å². The summed E-state index contributed by atoms with van der Waals surface area (Å²) in [6.45, 7) is 11.0. The van der Waals surface area contributed by atoms with E-state index in [9.17, 15) is 39.2 Å². The van der Waals surface area contributed by atoms with Crippen molar-refractivity contribution in [2.75, 3.05) is 0 Å². The minimum Gasteiger partial charge on any atom is -0.506 e. The summed E-state index contributed by atoms with van der Waals surface area (Å²) < 4.78 is 13.4. The van der Waals surface area contributed by atoms with Crippen molar-refractivity contribution in [1.82, 2.24) is 0 Å². The number of phenolic OH excluding ortho intramolecular Hbond substituents is 1. The molecule has 1 amide bonds. The number of primary amides is 1. The number of Topliss-reactive ketones (excluding diaryl/α,β-unsaturated/α-hetero) is 2. The summed E-state index contributed by atoms with van der Waals surface area (Å²) in [6.07, 6.45) is -3.12. The number of aliphatic hydroxyl groups excluding tert-OH is 2. The molecule has 0 spiro atoms. The third-order valence-electron chi connectivity index (χ3n) is 10.6. The van der Waals surface area contributed by atoms with Gasteiger partial charge in [-0.05, 0) is 77.5 Å². The normalized spacial score (nSPS) is 34.6. The number of aromatic hydroxyl groups is 1. The Labute approximate surface area is 256 Å². The number of aliphatic hydroxyl groups is 3. The van der Waals surface area contributed by atoms with Crippen LogP contribution < -0.4 is 5.73 Å². The molecule has 0 radical (unpaired) electrons. The highest BCUT2D eigenvalue weighted by atomic mass is 19.1. The summed E-state index contributed by atoms with van der Waals surface area (Å²) in [5.41, 5.74) is 2.59. The molecule has 2 unspecified atom stereocenters. The number of halogens is 1. The minimum atomic E-state index is -2.57. The second-order valence-corrected chi connectivity index (χ2v) is 14.1.